The number of hydrogen-bond acceptors (Lipinski definition) is 5. The van der Waals surface area contributed by atoms with Crippen molar-refractivity contribution in [2.24, 2.45) is 0 Å². The zero-order valence-electron chi connectivity index (χ0n) is 16.8. The zero-order chi connectivity index (χ0) is 21.1. The highest BCUT2D eigenvalue weighted by Gasteiger charge is 2.20. The van der Waals surface area contributed by atoms with Crippen molar-refractivity contribution in [3.63, 3.8) is 0 Å². The molecule has 4 aromatic rings. The molecule has 0 saturated carbocycles. The number of benzene rings is 3. The van der Waals surface area contributed by atoms with Crippen LogP contribution in [0.5, 0.6) is 5.75 Å². The minimum Gasteiger partial charge on any atom is -0.484 e. The summed E-state index contributed by atoms with van der Waals surface area (Å²) in [5, 5.41) is 2.72. The van der Waals surface area contributed by atoms with Gasteiger partial charge in [0.2, 0.25) is 0 Å². The number of carbonyl (C=O) groups is 1. The molecule has 1 amide bonds. The van der Waals surface area contributed by atoms with E-state index >= 15 is 0 Å². The first-order valence-electron chi connectivity index (χ1n) is 9.62. The van der Waals surface area contributed by atoms with Gasteiger partial charge in [-0.05, 0) is 55.2 Å². The van der Waals surface area contributed by atoms with E-state index in [9.17, 15) is 9.18 Å². The fraction of sp³-hybridized carbons (Fsp3) is 0.217. The van der Waals surface area contributed by atoms with Crippen molar-refractivity contribution < 1.29 is 13.9 Å². The van der Waals surface area contributed by atoms with Gasteiger partial charge in [0.1, 0.15) is 11.6 Å². The van der Waals surface area contributed by atoms with Crippen molar-refractivity contribution in [2.75, 3.05) is 38.7 Å². The molecule has 3 aromatic carbocycles. The predicted molar refractivity (Wildman–Crippen MR) is 120 cm³/mol. The number of carbonyl (C=O) groups excluding carboxylic acids is 1. The molecule has 0 N–H and O–H groups in total. The fourth-order valence-corrected chi connectivity index (χ4v) is 4.14. The third-order valence-corrected chi connectivity index (χ3v) is 5.77. The second-order valence-electron chi connectivity index (χ2n) is 7.25. The zero-order valence-corrected chi connectivity index (χ0v) is 17.7. The first-order valence-corrected chi connectivity index (χ1v) is 10.4. The molecule has 4 rings (SSSR count). The molecule has 0 bridgehead atoms. The minimum absolute atomic E-state index is 0.101. The van der Waals surface area contributed by atoms with Crippen LogP contribution in [0.4, 0.5) is 9.52 Å². The highest BCUT2D eigenvalue weighted by molar-refractivity contribution is 7.22. The van der Waals surface area contributed by atoms with E-state index in [0.717, 1.165) is 10.8 Å². The SMILES string of the molecule is CN(C)CCN(C(=O)COc1ccc2ccccc2c1)c1nc2ccc(F)cc2s1. The number of fused-ring (bicyclic) bond motifs is 2. The first kappa shape index (κ1) is 20.3. The summed E-state index contributed by atoms with van der Waals surface area (Å²) in [7, 11) is 3.89. The summed E-state index contributed by atoms with van der Waals surface area (Å²) in [4.78, 5) is 21.2. The van der Waals surface area contributed by atoms with Crippen LogP contribution in [0.2, 0.25) is 0 Å². The second-order valence-corrected chi connectivity index (χ2v) is 8.26. The molecular weight excluding hydrogens is 401 g/mol. The number of ether oxygens (including phenoxy) is 1. The van der Waals surface area contributed by atoms with Gasteiger partial charge in [0, 0.05) is 13.1 Å². The molecule has 0 atom stereocenters. The molecule has 0 radical (unpaired) electrons. The maximum Gasteiger partial charge on any atom is 0.266 e. The van der Waals surface area contributed by atoms with E-state index in [-0.39, 0.29) is 18.3 Å². The van der Waals surface area contributed by atoms with Crippen molar-refractivity contribution in [2.45, 2.75) is 0 Å². The number of anilines is 1. The van der Waals surface area contributed by atoms with E-state index in [1.165, 1.54) is 23.5 Å². The van der Waals surface area contributed by atoms with Crippen LogP contribution in [0, 0.1) is 5.82 Å². The molecule has 0 fully saturated rings. The lowest BCUT2D eigenvalue weighted by Gasteiger charge is -2.22. The Morgan fingerprint density at radius 3 is 2.63 bits per heavy atom. The average molecular weight is 424 g/mol. The normalized spacial score (nSPS) is 11.3. The number of hydrogen-bond donors (Lipinski definition) is 0. The summed E-state index contributed by atoms with van der Waals surface area (Å²) in [6.45, 7) is 1.04. The van der Waals surface area contributed by atoms with Crippen molar-refractivity contribution in [3.8, 4) is 5.75 Å². The van der Waals surface area contributed by atoms with Crippen LogP contribution in [0.25, 0.3) is 21.0 Å². The number of halogens is 1. The van der Waals surface area contributed by atoms with Gasteiger partial charge in [-0.15, -0.1) is 0 Å². The smallest absolute Gasteiger partial charge is 0.266 e. The van der Waals surface area contributed by atoms with E-state index in [2.05, 4.69) is 4.98 Å². The third-order valence-electron chi connectivity index (χ3n) is 4.73. The second kappa shape index (κ2) is 8.77. The topological polar surface area (TPSA) is 45.7 Å². The van der Waals surface area contributed by atoms with Gasteiger partial charge in [0.05, 0.1) is 10.2 Å². The lowest BCUT2D eigenvalue weighted by molar-refractivity contribution is -0.120. The summed E-state index contributed by atoms with van der Waals surface area (Å²) in [6, 6.07) is 18.2. The van der Waals surface area contributed by atoms with E-state index in [1.807, 2.05) is 61.5 Å². The highest BCUT2D eigenvalue weighted by Crippen LogP contribution is 2.29. The average Bonchev–Trinajstić information content (AvgIpc) is 3.14. The number of aromatic nitrogens is 1. The quantitative estimate of drug-likeness (QED) is 0.437. The molecule has 30 heavy (non-hydrogen) atoms. The van der Waals surface area contributed by atoms with Crippen molar-refractivity contribution in [1.29, 1.82) is 0 Å². The molecule has 0 aliphatic rings. The molecule has 1 heterocycles. The largest absolute Gasteiger partial charge is 0.484 e. The number of likely N-dealkylation sites (N-methyl/N-ethyl adjacent to an activating group) is 1. The third kappa shape index (κ3) is 4.58. The summed E-state index contributed by atoms with van der Waals surface area (Å²) in [6.07, 6.45) is 0. The molecule has 1 aromatic heterocycles. The Balaban J connectivity index is 1.53. The van der Waals surface area contributed by atoms with E-state index < -0.39 is 0 Å². The Morgan fingerprint density at radius 1 is 1.03 bits per heavy atom. The number of amides is 1. The van der Waals surface area contributed by atoms with Crippen molar-refractivity contribution >= 4 is 43.4 Å². The van der Waals surface area contributed by atoms with E-state index in [0.29, 0.717) is 34.2 Å². The molecule has 0 saturated heterocycles. The highest BCUT2D eigenvalue weighted by atomic mass is 32.1. The van der Waals surface area contributed by atoms with Crippen LogP contribution in [0.1, 0.15) is 0 Å². The van der Waals surface area contributed by atoms with Crippen LogP contribution < -0.4 is 9.64 Å². The Hall–Kier alpha value is -3.03. The number of rotatable bonds is 7. The lowest BCUT2D eigenvalue weighted by Crippen LogP contribution is -2.39. The maximum atomic E-state index is 13.6. The molecule has 0 spiro atoms. The van der Waals surface area contributed by atoms with Gasteiger partial charge in [-0.1, -0.05) is 41.7 Å². The Kier molecular flexibility index (Phi) is 5.92. The van der Waals surface area contributed by atoms with Crippen LogP contribution in [-0.2, 0) is 4.79 Å². The standard InChI is InChI=1S/C23H22FN3O2S/c1-26(2)11-12-27(23-25-20-10-8-18(24)14-21(20)30-23)22(28)15-29-19-9-7-16-5-3-4-6-17(16)13-19/h3-10,13-14H,11-12,15H2,1-2H3. The van der Waals surface area contributed by atoms with Gasteiger partial charge in [-0.3, -0.25) is 9.69 Å². The van der Waals surface area contributed by atoms with E-state index in [4.69, 9.17) is 4.74 Å². The number of nitrogens with zero attached hydrogens (tertiary/aromatic N) is 3. The molecule has 0 aliphatic carbocycles. The lowest BCUT2D eigenvalue weighted by atomic mass is 10.1. The van der Waals surface area contributed by atoms with Crippen LogP contribution in [-0.4, -0.2) is 49.6 Å². The Bertz CT molecular complexity index is 1190. The Morgan fingerprint density at radius 2 is 1.83 bits per heavy atom. The summed E-state index contributed by atoms with van der Waals surface area (Å²) >= 11 is 1.30. The maximum absolute atomic E-state index is 13.6. The molecular formula is C23H22FN3O2S. The van der Waals surface area contributed by atoms with Crippen molar-refractivity contribution in [1.82, 2.24) is 9.88 Å². The van der Waals surface area contributed by atoms with Gasteiger partial charge < -0.3 is 9.64 Å². The van der Waals surface area contributed by atoms with Crippen LogP contribution in [0.3, 0.4) is 0 Å². The van der Waals surface area contributed by atoms with Gasteiger partial charge in [-0.2, -0.15) is 0 Å². The van der Waals surface area contributed by atoms with Crippen LogP contribution >= 0.6 is 11.3 Å². The molecule has 7 heteroatoms. The number of thiazole rings is 1. The fourth-order valence-electron chi connectivity index (χ4n) is 3.11. The molecule has 0 aliphatic heterocycles. The first-order chi connectivity index (χ1) is 14.5. The van der Waals surface area contributed by atoms with Gasteiger partial charge in [0.15, 0.2) is 11.7 Å². The molecule has 0 unspecified atom stereocenters. The summed E-state index contributed by atoms with van der Waals surface area (Å²) < 4.78 is 20.1. The molecule has 154 valence electrons. The predicted octanol–water partition coefficient (Wildman–Crippen LogP) is 4.56. The summed E-state index contributed by atoms with van der Waals surface area (Å²) in [5.74, 6) is 0.133. The molecule has 5 nitrogen and oxygen atoms in total. The monoisotopic (exact) mass is 423 g/mol. The van der Waals surface area contributed by atoms with Gasteiger partial charge in [-0.25, -0.2) is 9.37 Å². The van der Waals surface area contributed by atoms with Crippen molar-refractivity contribution in [3.05, 3.63) is 66.5 Å². The van der Waals surface area contributed by atoms with Crippen LogP contribution in [0.15, 0.2) is 60.7 Å². The van der Waals surface area contributed by atoms with E-state index in [1.54, 1.807) is 11.0 Å². The van der Waals surface area contributed by atoms with Gasteiger partial charge >= 0.3 is 0 Å². The van der Waals surface area contributed by atoms with Gasteiger partial charge in [0.25, 0.3) is 5.91 Å². The summed E-state index contributed by atoms with van der Waals surface area (Å²) in [5.41, 5.74) is 0.675. The minimum atomic E-state index is -0.316. The Labute approximate surface area is 178 Å².